The number of carboxylic acids is 1. The lowest BCUT2D eigenvalue weighted by atomic mass is 10.4. The van der Waals surface area contributed by atoms with Crippen LogP contribution in [0, 0.1) is 0 Å². The summed E-state index contributed by atoms with van der Waals surface area (Å²) in [6.07, 6.45) is -0.303. The molecule has 0 saturated heterocycles. The lowest BCUT2D eigenvalue weighted by molar-refractivity contribution is -0.136. The molecule has 2 heterocycles. The van der Waals surface area contributed by atoms with E-state index in [0.29, 0.717) is 0 Å². The Morgan fingerprint density at radius 1 is 1.17 bits per heavy atom. The van der Waals surface area contributed by atoms with E-state index in [0.717, 1.165) is 4.57 Å². The number of nitrogens with zero attached hydrogens (tertiary/aromatic N) is 4. The molecule has 0 aliphatic rings. The summed E-state index contributed by atoms with van der Waals surface area (Å²) < 4.78 is 3.60. The molecule has 2 rings (SSSR count). The highest BCUT2D eigenvalue weighted by Crippen LogP contribution is 2.09. The maximum Gasteiger partial charge on any atom is 0.332 e. The summed E-state index contributed by atoms with van der Waals surface area (Å²) in [6.45, 7) is 0. The van der Waals surface area contributed by atoms with Crippen molar-refractivity contribution in [3.8, 4) is 0 Å². The van der Waals surface area contributed by atoms with Gasteiger partial charge in [0.25, 0.3) is 5.56 Å². The Morgan fingerprint density at radius 3 is 2.33 bits per heavy atom. The molecule has 0 bridgehead atoms. The quantitative estimate of drug-likeness (QED) is 0.708. The molecule has 0 atom stereocenters. The summed E-state index contributed by atoms with van der Waals surface area (Å²) in [5, 5.41) is 8.76. The third-order valence-electron chi connectivity index (χ3n) is 2.88. The number of hydrogen-bond acceptors (Lipinski definition) is 4. The zero-order valence-corrected chi connectivity index (χ0v) is 10.2. The van der Waals surface area contributed by atoms with E-state index in [1.165, 1.54) is 23.2 Å². The number of aliphatic carboxylic acids is 1. The van der Waals surface area contributed by atoms with Crippen molar-refractivity contribution >= 4 is 17.1 Å². The first-order chi connectivity index (χ1) is 8.34. The molecule has 0 aliphatic heterocycles. The van der Waals surface area contributed by atoms with Crippen molar-refractivity contribution < 1.29 is 9.90 Å². The van der Waals surface area contributed by atoms with Gasteiger partial charge in [-0.25, -0.2) is 9.78 Å². The number of carbonyl (C=O) groups is 1. The number of fused-ring (bicyclic) bond motifs is 1. The Kier molecular flexibility index (Phi) is 2.57. The van der Waals surface area contributed by atoms with Crippen molar-refractivity contribution in [2.45, 2.75) is 6.42 Å². The van der Waals surface area contributed by atoms with Gasteiger partial charge in [-0.2, -0.15) is 0 Å². The molecule has 8 heteroatoms. The molecule has 0 unspecified atom stereocenters. The van der Waals surface area contributed by atoms with Crippen LogP contribution < -0.4 is 11.2 Å². The van der Waals surface area contributed by atoms with Gasteiger partial charge in [0.1, 0.15) is 12.2 Å². The highest BCUT2D eigenvalue weighted by atomic mass is 16.4. The second kappa shape index (κ2) is 3.83. The summed E-state index contributed by atoms with van der Waals surface area (Å²) in [4.78, 5) is 38.4. The van der Waals surface area contributed by atoms with Crippen LogP contribution in [-0.2, 0) is 32.4 Å². The van der Waals surface area contributed by atoms with Crippen molar-refractivity contribution in [1.82, 2.24) is 18.7 Å². The van der Waals surface area contributed by atoms with E-state index in [4.69, 9.17) is 5.11 Å². The van der Waals surface area contributed by atoms with E-state index >= 15 is 0 Å². The lowest BCUT2D eigenvalue weighted by Crippen LogP contribution is -2.37. The third-order valence-corrected chi connectivity index (χ3v) is 2.88. The average Bonchev–Trinajstić information content (AvgIpc) is 2.61. The second-order valence-electron chi connectivity index (χ2n) is 4.04. The summed E-state index contributed by atoms with van der Waals surface area (Å²) >= 11 is 0. The minimum absolute atomic E-state index is 0.196. The number of rotatable bonds is 2. The van der Waals surface area contributed by atoms with Crippen LogP contribution in [0.4, 0.5) is 0 Å². The molecule has 1 N–H and O–H groups in total. The maximum atomic E-state index is 12.0. The Labute approximate surface area is 101 Å². The van der Waals surface area contributed by atoms with Gasteiger partial charge in [0, 0.05) is 21.1 Å². The van der Waals surface area contributed by atoms with Crippen molar-refractivity contribution in [3.05, 3.63) is 26.7 Å². The monoisotopic (exact) mass is 252 g/mol. The Morgan fingerprint density at radius 2 is 1.78 bits per heavy atom. The van der Waals surface area contributed by atoms with E-state index < -0.39 is 17.2 Å². The van der Waals surface area contributed by atoms with Gasteiger partial charge in [0.2, 0.25) is 0 Å². The molecule has 96 valence electrons. The molecule has 0 aromatic carbocycles. The maximum absolute atomic E-state index is 12.0. The molecule has 0 aliphatic carbocycles. The first-order valence-electron chi connectivity index (χ1n) is 5.17. The summed E-state index contributed by atoms with van der Waals surface area (Å²) in [7, 11) is 4.41. The SMILES string of the molecule is Cn1c(=O)c2c(nc(CC(=O)O)n2C)n(C)c1=O. The highest BCUT2D eigenvalue weighted by molar-refractivity contribution is 5.74. The number of carboxylic acid groups (broad SMARTS) is 1. The zero-order valence-electron chi connectivity index (χ0n) is 10.2. The van der Waals surface area contributed by atoms with Crippen LogP contribution >= 0.6 is 0 Å². The highest BCUT2D eigenvalue weighted by Gasteiger charge is 2.17. The average molecular weight is 252 g/mol. The molecule has 2 aromatic heterocycles. The van der Waals surface area contributed by atoms with E-state index in [1.54, 1.807) is 7.05 Å². The summed E-state index contributed by atoms with van der Waals surface area (Å²) in [6, 6.07) is 0. The third kappa shape index (κ3) is 1.53. The predicted molar refractivity (Wildman–Crippen MR) is 62.5 cm³/mol. The van der Waals surface area contributed by atoms with Crippen LogP contribution in [0.3, 0.4) is 0 Å². The largest absolute Gasteiger partial charge is 0.481 e. The van der Waals surface area contributed by atoms with Gasteiger partial charge < -0.3 is 9.67 Å². The summed E-state index contributed by atoms with van der Waals surface area (Å²) in [5.41, 5.74) is -0.565. The van der Waals surface area contributed by atoms with Crippen LogP contribution in [0.5, 0.6) is 0 Å². The summed E-state index contributed by atoms with van der Waals surface area (Å²) in [5.74, 6) is -0.814. The van der Waals surface area contributed by atoms with Crippen LogP contribution in [0.15, 0.2) is 9.59 Å². The molecular weight excluding hydrogens is 240 g/mol. The zero-order chi connectivity index (χ0) is 13.6. The number of imidazole rings is 1. The minimum Gasteiger partial charge on any atom is -0.481 e. The predicted octanol–water partition coefficient (Wildman–Crippen LogP) is -1.40. The fourth-order valence-electron chi connectivity index (χ4n) is 1.86. The number of aryl methyl sites for hydroxylation is 2. The number of aromatic nitrogens is 4. The van der Waals surface area contributed by atoms with E-state index in [-0.39, 0.29) is 23.4 Å². The van der Waals surface area contributed by atoms with Gasteiger partial charge in [-0.15, -0.1) is 0 Å². The number of hydrogen-bond donors (Lipinski definition) is 1. The molecule has 0 radical (unpaired) electrons. The molecule has 0 amide bonds. The van der Waals surface area contributed by atoms with Gasteiger partial charge >= 0.3 is 11.7 Å². The van der Waals surface area contributed by atoms with Gasteiger partial charge in [-0.05, 0) is 0 Å². The molecule has 0 spiro atoms. The van der Waals surface area contributed by atoms with Gasteiger partial charge in [-0.3, -0.25) is 18.7 Å². The Balaban J connectivity index is 2.93. The van der Waals surface area contributed by atoms with Crippen LogP contribution in [-0.4, -0.2) is 29.8 Å². The smallest absolute Gasteiger partial charge is 0.332 e. The van der Waals surface area contributed by atoms with Crippen LogP contribution in [0.2, 0.25) is 0 Å². The molecule has 0 fully saturated rings. The molecule has 18 heavy (non-hydrogen) atoms. The molecule has 8 nitrogen and oxygen atoms in total. The first-order valence-corrected chi connectivity index (χ1v) is 5.17. The standard InChI is InChI=1S/C10H12N4O4/c1-12-5(4-6(15)16)11-8-7(12)9(17)14(3)10(18)13(8)2/h4H2,1-3H3,(H,15,16). The van der Waals surface area contributed by atoms with Crippen molar-refractivity contribution in [2.75, 3.05) is 0 Å². The first kappa shape index (κ1) is 12.1. The minimum atomic E-state index is -1.05. The topological polar surface area (TPSA) is 99.1 Å². The van der Waals surface area contributed by atoms with Crippen molar-refractivity contribution in [3.63, 3.8) is 0 Å². The Bertz CT molecular complexity index is 765. The molecule has 0 saturated carbocycles. The molecular formula is C10H12N4O4. The Hall–Kier alpha value is -2.38. The van der Waals surface area contributed by atoms with E-state index in [1.807, 2.05) is 0 Å². The van der Waals surface area contributed by atoms with E-state index in [9.17, 15) is 14.4 Å². The van der Waals surface area contributed by atoms with Gasteiger partial charge in [-0.1, -0.05) is 0 Å². The normalized spacial score (nSPS) is 11.1. The van der Waals surface area contributed by atoms with Gasteiger partial charge in [0.05, 0.1) is 0 Å². The molecule has 2 aromatic rings. The lowest BCUT2D eigenvalue weighted by Gasteiger charge is -2.03. The van der Waals surface area contributed by atoms with Crippen LogP contribution in [0.1, 0.15) is 5.82 Å². The van der Waals surface area contributed by atoms with Crippen LogP contribution in [0.25, 0.3) is 11.2 Å². The second-order valence-corrected chi connectivity index (χ2v) is 4.04. The fraction of sp³-hybridized carbons (Fsp3) is 0.400. The fourth-order valence-corrected chi connectivity index (χ4v) is 1.86. The van der Waals surface area contributed by atoms with Crippen molar-refractivity contribution in [1.29, 1.82) is 0 Å². The van der Waals surface area contributed by atoms with Gasteiger partial charge in [0.15, 0.2) is 11.2 Å². The van der Waals surface area contributed by atoms with E-state index in [2.05, 4.69) is 4.98 Å². The van der Waals surface area contributed by atoms with Crippen molar-refractivity contribution in [2.24, 2.45) is 21.1 Å².